The minimum absolute atomic E-state index is 0.223. The molecule has 0 N–H and O–H groups in total. The summed E-state index contributed by atoms with van der Waals surface area (Å²) in [6.45, 7) is 9.34. The Morgan fingerprint density at radius 3 is 2.17 bits per heavy atom. The van der Waals surface area contributed by atoms with Crippen LogP contribution in [0, 0.1) is 11.3 Å². The van der Waals surface area contributed by atoms with Crippen molar-refractivity contribution in [2.75, 3.05) is 26.2 Å². The summed E-state index contributed by atoms with van der Waals surface area (Å²) in [6, 6.07) is 10.6. The number of benzene rings is 1. The zero-order valence-electron chi connectivity index (χ0n) is 14.5. The minimum atomic E-state index is -0.223. The summed E-state index contributed by atoms with van der Waals surface area (Å²) in [6.07, 6.45) is 1.51. The number of hydrogen-bond donors (Lipinski definition) is 0. The van der Waals surface area contributed by atoms with Crippen molar-refractivity contribution < 1.29 is 4.79 Å². The first-order valence-corrected chi connectivity index (χ1v) is 8.58. The molecule has 1 heterocycles. The Balaban J connectivity index is 2.00. The quantitative estimate of drug-likeness (QED) is 0.838. The fourth-order valence-corrected chi connectivity index (χ4v) is 3.03. The molecular formula is C19H27N3O. The fourth-order valence-electron chi connectivity index (χ4n) is 3.03. The van der Waals surface area contributed by atoms with Crippen LogP contribution in [0.1, 0.15) is 56.7 Å². The molecule has 1 fully saturated rings. The van der Waals surface area contributed by atoms with E-state index in [0.29, 0.717) is 12.3 Å². The molecule has 0 saturated carbocycles. The summed E-state index contributed by atoms with van der Waals surface area (Å²) in [7, 11) is 0. The Morgan fingerprint density at radius 1 is 1.13 bits per heavy atom. The topological polar surface area (TPSA) is 47.3 Å². The van der Waals surface area contributed by atoms with Crippen LogP contribution in [0.2, 0.25) is 0 Å². The molecule has 4 heteroatoms. The van der Waals surface area contributed by atoms with E-state index in [1.807, 2.05) is 11.8 Å². The van der Waals surface area contributed by atoms with E-state index in [0.717, 1.165) is 38.2 Å². The van der Waals surface area contributed by atoms with Crippen molar-refractivity contribution in [3.05, 3.63) is 35.4 Å². The summed E-state index contributed by atoms with van der Waals surface area (Å²) in [5, 5.41) is 9.60. The van der Waals surface area contributed by atoms with Crippen molar-refractivity contribution in [2.24, 2.45) is 0 Å². The zero-order chi connectivity index (χ0) is 16.8. The van der Waals surface area contributed by atoms with Gasteiger partial charge in [-0.15, -0.1) is 0 Å². The van der Waals surface area contributed by atoms with E-state index in [9.17, 15) is 10.1 Å². The van der Waals surface area contributed by atoms with Gasteiger partial charge in [0.2, 0.25) is 5.91 Å². The standard InChI is InChI=1S/C19H27N3O/c1-4-5-19(23)22-12-10-21(11-13-22)18(14-20)17-8-6-16(7-9-17)15(2)3/h6-9,15,18H,4-5,10-13H2,1-3H3. The van der Waals surface area contributed by atoms with E-state index in [2.05, 4.69) is 49.1 Å². The van der Waals surface area contributed by atoms with Gasteiger partial charge in [0.05, 0.1) is 6.07 Å². The van der Waals surface area contributed by atoms with Gasteiger partial charge in [-0.1, -0.05) is 45.0 Å². The first-order valence-electron chi connectivity index (χ1n) is 8.58. The third kappa shape index (κ3) is 4.33. The van der Waals surface area contributed by atoms with Crippen molar-refractivity contribution in [3.63, 3.8) is 0 Å². The molecule has 1 aliphatic rings. The Bertz CT molecular complexity index is 551. The number of nitrogens with zero attached hydrogens (tertiary/aromatic N) is 3. The maximum absolute atomic E-state index is 12.0. The molecule has 1 aliphatic heterocycles. The first-order chi connectivity index (χ1) is 11.1. The molecule has 1 aromatic rings. The first kappa shape index (κ1) is 17.5. The van der Waals surface area contributed by atoms with Crippen molar-refractivity contribution in [1.29, 1.82) is 5.26 Å². The number of amides is 1. The van der Waals surface area contributed by atoms with Crippen LogP contribution in [-0.2, 0) is 4.79 Å². The van der Waals surface area contributed by atoms with Crippen LogP contribution >= 0.6 is 0 Å². The second-order valence-electron chi connectivity index (χ2n) is 6.52. The summed E-state index contributed by atoms with van der Waals surface area (Å²) >= 11 is 0. The van der Waals surface area contributed by atoms with Gasteiger partial charge < -0.3 is 4.90 Å². The number of piperazine rings is 1. The predicted octanol–water partition coefficient (Wildman–Crippen LogP) is 3.32. The second-order valence-corrected chi connectivity index (χ2v) is 6.52. The fraction of sp³-hybridized carbons (Fsp3) is 0.579. The van der Waals surface area contributed by atoms with E-state index >= 15 is 0 Å². The third-order valence-electron chi connectivity index (χ3n) is 4.54. The summed E-state index contributed by atoms with van der Waals surface area (Å²) in [4.78, 5) is 16.1. The maximum atomic E-state index is 12.0. The van der Waals surface area contributed by atoms with E-state index in [1.165, 1.54) is 5.56 Å². The number of nitriles is 1. The van der Waals surface area contributed by atoms with E-state index in [1.54, 1.807) is 0 Å². The highest BCUT2D eigenvalue weighted by molar-refractivity contribution is 5.76. The van der Waals surface area contributed by atoms with Gasteiger partial charge in [0.15, 0.2) is 0 Å². The largest absolute Gasteiger partial charge is 0.340 e. The van der Waals surface area contributed by atoms with Gasteiger partial charge in [-0.05, 0) is 23.5 Å². The second kappa shape index (κ2) is 8.12. The van der Waals surface area contributed by atoms with Crippen LogP contribution in [0.15, 0.2) is 24.3 Å². The van der Waals surface area contributed by atoms with Crippen molar-refractivity contribution >= 4 is 5.91 Å². The van der Waals surface area contributed by atoms with Crippen LogP contribution < -0.4 is 0 Å². The highest BCUT2D eigenvalue weighted by atomic mass is 16.2. The van der Waals surface area contributed by atoms with Crippen LogP contribution in [-0.4, -0.2) is 41.9 Å². The molecule has 1 unspecified atom stereocenters. The number of hydrogen-bond acceptors (Lipinski definition) is 3. The number of carbonyl (C=O) groups excluding carboxylic acids is 1. The highest BCUT2D eigenvalue weighted by Crippen LogP contribution is 2.24. The van der Waals surface area contributed by atoms with Crippen molar-refractivity contribution in [1.82, 2.24) is 9.80 Å². The lowest BCUT2D eigenvalue weighted by molar-refractivity contribution is -0.133. The molecule has 1 saturated heterocycles. The molecule has 1 amide bonds. The lowest BCUT2D eigenvalue weighted by Crippen LogP contribution is -2.49. The van der Waals surface area contributed by atoms with Crippen LogP contribution in [0.3, 0.4) is 0 Å². The molecule has 2 rings (SSSR count). The van der Waals surface area contributed by atoms with Crippen LogP contribution in [0.5, 0.6) is 0 Å². The minimum Gasteiger partial charge on any atom is -0.340 e. The third-order valence-corrected chi connectivity index (χ3v) is 4.54. The van der Waals surface area contributed by atoms with Crippen molar-refractivity contribution in [3.8, 4) is 6.07 Å². The summed E-state index contributed by atoms with van der Waals surface area (Å²) < 4.78 is 0. The summed E-state index contributed by atoms with van der Waals surface area (Å²) in [5.41, 5.74) is 2.34. The van der Waals surface area contributed by atoms with Crippen molar-refractivity contribution in [2.45, 2.75) is 45.6 Å². The molecule has 1 atom stereocenters. The van der Waals surface area contributed by atoms with Gasteiger partial charge in [-0.2, -0.15) is 5.26 Å². The Kier molecular flexibility index (Phi) is 6.18. The van der Waals surface area contributed by atoms with Crippen LogP contribution in [0.25, 0.3) is 0 Å². The smallest absolute Gasteiger partial charge is 0.222 e. The Morgan fingerprint density at radius 2 is 1.70 bits per heavy atom. The van der Waals surface area contributed by atoms with E-state index < -0.39 is 0 Å². The molecule has 0 radical (unpaired) electrons. The van der Waals surface area contributed by atoms with Gasteiger partial charge in [0.25, 0.3) is 0 Å². The summed E-state index contributed by atoms with van der Waals surface area (Å²) in [5.74, 6) is 0.736. The van der Waals surface area contributed by atoms with Crippen LogP contribution in [0.4, 0.5) is 0 Å². The molecule has 0 aromatic heterocycles. The van der Waals surface area contributed by atoms with Gasteiger partial charge >= 0.3 is 0 Å². The monoisotopic (exact) mass is 313 g/mol. The molecule has 23 heavy (non-hydrogen) atoms. The van der Waals surface area contributed by atoms with Gasteiger partial charge in [0, 0.05) is 32.6 Å². The molecule has 0 spiro atoms. The van der Waals surface area contributed by atoms with Gasteiger partial charge in [-0.3, -0.25) is 9.69 Å². The van der Waals surface area contributed by atoms with E-state index in [-0.39, 0.29) is 11.9 Å². The molecule has 1 aromatic carbocycles. The zero-order valence-corrected chi connectivity index (χ0v) is 14.5. The average Bonchev–Trinajstić information content (AvgIpc) is 2.57. The lowest BCUT2D eigenvalue weighted by atomic mass is 9.98. The van der Waals surface area contributed by atoms with E-state index in [4.69, 9.17) is 0 Å². The molecule has 0 bridgehead atoms. The SMILES string of the molecule is CCCC(=O)N1CCN(C(C#N)c2ccc(C(C)C)cc2)CC1. The molecule has 4 nitrogen and oxygen atoms in total. The van der Waals surface area contributed by atoms with Gasteiger partial charge in [0.1, 0.15) is 6.04 Å². The average molecular weight is 313 g/mol. The number of rotatable bonds is 5. The molecular weight excluding hydrogens is 286 g/mol. The highest BCUT2D eigenvalue weighted by Gasteiger charge is 2.26. The molecule has 124 valence electrons. The number of carbonyl (C=O) groups is 1. The maximum Gasteiger partial charge on any atom is 0.222 e. The van der Waals surface area contributed by atoms with Gasteiger partial charge in [-0.25, -0.2) is 0 Å². The normalized spacial score (nSPS) is 17.1. The lowest BCUT2D eigenvalue weighted by Gasteiger charge is -2.37. The Hall–Kier alpha value is -1.86. The molecule has 0 aliphatic carbocycles. The predicted molar refractivity (Wildman–Crippen MR) is 91.9 cm³/mol. The Labute approximate surface area is 139 Å².